The zero-order valence-electron chi connectivity index (χ0n) is 11.4. The van der Waals surface area contributed by atoms with Gasteiger partial charge in [0.05, 0.1) is 6.57 Å². The van der Waals surface area contributed by atoms with E-state index in [1.54, 1.807) is 17.3 Å². The number of amides is 1. The van der Waals surface area contributed by atoms with E-state index >= 15 is 0 Å². The largest absolute Gasteiger partial charge is 0.444 e. The van der Waals surface area contributed by atoms with E-state index in [1.165, 1.54) is 0 Å². The first-order chi connectivity index (χ1) is 8.89. The van der Waals surface area contributed by atoms with Gasteiger partial charge in [-0.25, -0.2) is 9.64 Å². The summed E-state index contributed by atoms with van der Waals surface area (Å²) in [6.45, 7) is 13.8. The minimum Gasteiger partial charge on any atom is -0.444 e. The molecular formula is C14H17N3O2. The lowest BCUT2D eigenvalue weighted by Crippen LogP contribution is -2.50. The molecule has 0 atom stereocenters. The van der Waals surface area contributed by atoms with Gasteiger partial charge in [0.25, 0.3) is 0 Å². The first-order valence-electron chi connectivity index (χ1n) is 6.19. The summed E-state index contributed by atoms with van der Waals surface area (Å²) in [5, 5.41) is 0. The maximum absolute atomic E-state index is 11.8. The molecule has 5 nitrogen and oxygen atoms in total. The quantitative estimate of drug-likeness (QED) is 0.728. The Labute approximate surface area is 113 Å². The van der Waals surface area contributed by atoms with Gasteiger partial charge in [-0.15, -0.1) is 0 Å². The maximum atomic E-state index is 11.8. The number of pyridine rings is 1. The maximum Gasteiger partial charge on any atom is 0.410 e. The fraction of sp³-hybridized carbons (Fsp3) is 0.500. The van der Waals surface area contributed by atoms with Crippen molar-refractivity contribution in [1.82, 2.24) is 9.88 Å². The number of hydrogen-bond acceptors (Lipinski definition) is 3. The third-order valence-corrected chi connectivity index (χ3v) is 2.88. The van der Waals surface area contributed by atoms with Crippen molar-refractivity contribution in [1.29, 1.82) is 0 Å². The van der Waals surface area contributed by atoms with E-state index in [1.807, 2.05) is 26.8 Å². The average Bonchev–Trinajstić information content (AvgIpc) is 2.25. The number of carbonyl (C=O) groups is 1. The SMILES string of the molecule is [C-]#[N+]c1cncc(C2CN(C(=O)OC(C)(C)C)C2)c1. The summed E-state index contributed by atoms with van der Waals surface area (Å²) in [5.74, 6) is 0.252. The number of rotatable bonds is 1. The molecule has 0 radical (unpaired) electrons. The number of nitrogens with zero attached hydrogens (tertiary/aromatic N) is 3. The van der Waals surface area contributed by atoms with Crippen molar-refractivity contribution in [3.05, 3.63) is 35.4 Å². The number of ether oxygens (including phenoxy) is 1. The zero-order chi connectivity index (χ0) is 14.0. The van der Waals surface area contributed by atoms with Crippen LogP contribution in [0.1, 0.15) is 32.3 Å². The standard InChI is InChI=1S/C14H17N3O2/c1-14(2,3)19-13(18)17-8-11(9-17)10-5-12(15-4)7-16-6-10/h5-7,11H,8-9H2,1-3H3. The predicted molar refractivity (Wildman–Crippen MR) is 71.0 cm³/mol. The van der Waals surface area contributed by atoms with E-state index in [0.29, 0.717) is 18.8 Å². The van der Waals surface area contributed by atoms with Crippen LogP contribution in [0.3, 0.4) is 0 Å². The van der Waals surface area contributed by atoms with Gasteiger partial charge in [0, 0.05) is 31.4 Å². The van der Waals surface area contributed by atoms with Gasteiger partial charge in [-0.3, -0.25) is 4.98 Å². The Morgan fingerprint density at radius 3 is 2.74 bits per heavy atom. The topological polar surface area (TPSA) is 46.8 Å². The fourth-order valence-electron chi connectivity index (χ4n) is 1.89. The second-order valence-corrected chi connectivity index (χ2v) is 5.67. The second-order valence-electron chi connectivity index (χ2n) is 5.67. The van der Waals surface area contributed by atoms with E-state index < -0.39 is 5.60 Å². The normalized spacial score (nSPS) is 15.6. The first-order valence-corrected chi connectivity index (χ1v) is 6.19. The number of likely N-dealkylation sites (tertiary alicyclic amines) is 1. The summed E-state index contributed by atoms with van der Waals surface area (Å²) in [5.41, 5.74) is 1.08. The number of aromatic nitrogens is 1. The highest BCUT2D eigenvalue weighted by Crippen LogP contribution is 2.29. The summed E-state index contributed by atoms with van der Waals surface area (Å²) < 4.78 is 5.29. The van der Waals surface area contributed by atoms with Crippen LogP contribution >= 0.6 is 0 Å². The Balaban J connectivity index is 1.93. The predicted octanol–water partition coefficient (Wildman–Crippen LogP) is 2.97. The molecular weight excluding hydrogens is 242 g/mol. The molecule has 1 fully saturated rings. The number of hydrogen-bond donors (Lipinski definition) is 0. The summed E-state index contributed by atoms with van der Waals surface area (Å²) in [6.07, 6.45) is 3.02. The van der Waals surface area contributed by atoms with Crippen molar-refractivity contribution < 1.29 is 9.53 Å². The third kappa shape index (κ3) is 3.22. The van der Waals surface area contributed by atoms with E-state index in [4.69, 9.17) is 11.3 Å². The van der Waals surface area contributed by atoms with Crippen LogP contribution < -0.4 is 0 Å². The highest BCUT2D eigenvalue weighted by atomic mass is 16.6. The Bertz CT molecular complexity index is 522. The highest BCUT2D eigenvalue weighted by molar-refractivity contribution is 5.69. The van der Waals surface area contributed by atoms with Gasteiger partial charge in [0.1, 0.15) is 5.60 Å². The summed E-state index contributed by atoms with van der Waals surface area (Å²) in [7, 11) is 0. The minimum absolute atomic E-state index is 0.252. The lowest BCUT2D eigenvalue weighted by Gasteiger charge is -2.40. The summed E-state index contributed by atoms with van der Waals surface area (Å²) >= 11 is 0. The molecule has 2 rings (SSSR count). The molecule has 0 N–H and O–H groups in total. The lowest BCUT2D eigenvalue weighted by atomic mass is 9.93. The Hall–Kier alpha value is -2.09. The van der Waals surface area contributed by atoms with Gasteiger partial charge >= 0.3 is 6.09 Å². The summed E-state index contributed by atoms with van der Waals surface area (Å²) in [6, 6.07) is 1.83. The highest BCUT2D eigenvalue weighted by Gasteiger charge is 2.34. The molecule has 1 amide bonds. The number of carbonyl (C=O) groups excluding carboxylic acids is 1. The van der Waals surface area contributed by atoms with Crippen molar-refractivity contribution in [3.8, 4) is 0 Å². The van der Waals surface area contributed by atoms with Crippen LogP contribution in [0.2, 0.25) is 0 Å². The minimum atomic E-state index is -0.465. The van der Waals surface area contributed by atoms with Crippen LogP contribution in [0, 0.1) is 6.57 Å². The third-order valence-electron chi connectivity index (χ3n) is 2.88. The van der Waals surface area contributed by atoms with Crippen molar-refractivity contribution in [2.24, 2.45) is 0 Å². The van der Waals surface area contributed by atoms with Gasteiger partial charge in [-0.05, 0) is 32.4 Å². The first kappa shape index (κ1) is 13.3. The lowest BCUT2D eigenvalue weighted by molar-refractivity contribution is 0.00818. The monoisotopic (exact) mass is 259 g/mol. The molecule has 1 aromatic heterocycles. The van der Waals surface area contributed by atoms with Gasteiger partial charge in [0.15, 0.2) is 0 Å². The van der Waals surface area contributed by atoms with Crippen molar-refractivity contribution in [2.45, 2.75) is 32.3 Å². The Morgan fingerprint density at radius 2 is 2.16 bits per heavy atom. The molecule has 0 unspecified atom stereocenters. The van der Waals surface area contributed by atoms with Gasteiger partial charge in [0.2, 0.25) is 5.69 Å². The second kappa shape index (κ2) is 4.88. The van der Waals surface area contributed by atoms with Crippen LogP contribution in [0.5, 0.6) is 0 Å². The molecule has 5 heteroatoms. The average molecular weight is 259 g/mol. The molecule has 0 aromatic carbocycles. The molecule has 1 saturated heterocycles. The Kier molecular flexibility index (Phi) is 3.43. The summed E-state index contributed by atoms with van der Waals surface area (Å²) in [4.78, 5) is 20.8. The molecule has 0 aliphatic carbocycles. The van der Waals surface area contributed by atoms with Crippen molar-refractivity contribution in [2.75, 3.05) is 13.1 Å². The van der Waals surface area contributed by atoms with E-state index in [9.17, 15) is 4.79 Å². The zero-order valence-corrected chi connectivity index (χ0v) is 11.4. The van der Waals surface area contributed by atoms with Crippen molar-refractivity contribution >= 4 is 11.8 Å². The van der Waals surface area contributed by atoms with Crippen LogP contribution in [0.4, 0.5) is 10.5 Å². The van der Waals surface area contributed by atoms with Crippen LogP contribution in [0.15, 0.2) is 18.5 Å². The molecule has 0 bridgehead atoms. The van der Waals surface area contributed by atoms with E-state index in [2.05, 4.69) is 9.83 Å². The van der Waals surface area contributed by atoms with Crippen LogP contribution in [0.25, 0.3) is 4.85 Å². The molecule has 0 saturated carbocycles. The van der Waals surface area contributed by atoms with Gasteiger partial charge in [-0.1, -0.05) is 0 Å². The van der Waals surface area contributed by atoms with E-state index in [0.717, 1.165) is 5.56 Å². The Morgan fingerprint density at radius 1 is 1.47 bits per heavy atom. The molecule has 2 heterocycles. The van der Waals surface area contributed by atoms with Crippen LogP contribution in [-0.4, -0.2) is 34.7 Å². The molecule has 100 valence electrons. The molecule has 1 aliphatic rings. The van der Waals surface area contributed by atoms with Gasteiger partial charge < -0.3 is 9.64 Å². The molecule has 19 heavy (non-hydrogen) atoms. The fourth-order valence-corrected chi connectivity index (χ4v) is 1.89. The molecule has 1 aromatic rings. The van der Waals surface area contributed by atoms with Crippen LogP contribution in [-0.2, 0) is 4.74 Å². The molecule has 0 spiro atoms. The van der Waals surface area contributed by atoms with Crippen molar-refractivity contribution in [3.63, 3.8) is 0 Å². The van der Waals surface area contributed by atoms with E-state index in [-0.39, 0.29) is 12.0 Å². The van der Waals surface area contributed by atoms with Gasteiger partial charge in [-0.2, -0.15) is 0 Å². The smallest absolute Gasteiger partial charge is 0.410 e. The molecule has 1 aliphatic heterocycles.